The Kier molecular flexibility index (Phi) is 10.3. The van der Waals surface area contributed by atoms with Crippen molar-refractivity contribution in [1.82, 2.24) is 10.6 Å². The van der Waals surface area contributed by atoms with E-state index >= 15 is 0 Å². The van der Waals surface area contributed by atoms with Crippen molar-refractivity contribution in [2.75, 3.05) is 47.1 Å². The lowest BCUT2D eigenvalue weighted by molar-refractivity contribution is -0.120. The maximum Gasteiger partial charge on any atom is 0.221 e. The number of aliphatic hydroxyl groups is 1. The van der Waals surface area contributed by atoms with Gasteiger partial charge in [0.1, 0.15) is 0 Å². The van der Waals surface area contributed by atoms with Crippen LogP contribution in [-0.4, -0.2) is 64.2 Å². The molecule has 0 aliphatic heterocycles. The van der Waals surface area contributed by atoms with Crippen molar-refractivity contribution in [3.05, 3.63) is 0 Å². The average Bonchev–Trinajstić information content (AvgIpc) is 2.30. The minimum absolute atomic E-state index is 0.0154. The van der Waals surface area contributed by atoms with Crippen LogP contribution in [0.2, 0.25) is 0 Å². The van der Waals surface area contributed by atoms with Gasteiger partial charge in [-0.05, 0) is 0 Å². The number of methoxy groups -OCH3 is 1. The summed E-state index contributed by atoms with van der Waals surface area (Å²) >= 11 is 0. The van der Waals surface area contributed by atoms with Gasteiger partial charge in [0.25, 0.3) is 0 Å². The lowest BCUT2D eigenvalue weighted by Gasteiger charge is -2.11. The van der Waals surface area contributed by atoms with Crippen molar-refractivity contribution in [3.8, 4) is 0 Å². The Labute approximate surface area is 96.3 Å². The van der Waals surface area contributed by atoms with Gasteiger partial charge in [-0.15, -0.1) is 0 Å². The zero-order valence-corrected chi connectivity index (χ0v) is 9.99. The first-order chi connectivity index (χ1) is 7.70. The zero-order valence-electron chi connectivity index (χ0n) is 9.99. The molecule has 0 bridgehead atoms. The number of nitrogens with one attached hydrogen (secondary N) is 2. The van der Waals surface area contributed by atoms with Crippen LogP contribution in [-0.2, 0) is 14.3 Å². The average molecular weight is 234 g/mol. The first-order valence-electron chi connectivity index (χ1n) is 5.36. The quantitative estimate of drug-likeness (QED) is 0.411. The summed E-state index contributed by atoms with van der Waals surface area (Å²) in [6.45, 7) is 2.25. The van der Waals surface area contributed by atoms with Gasteiger partial charge in [0.2, 0.25) is 5.91 Å². The van der Waals surface area contributed by atoms with Gasteiger partial charge < -0.3 is 25.2 Å². The number of carbonyl (C=O) groups is 1. The highest BCUT2D eigenvalue weighted by atomic mass is 16.5. The molecule has 0 radical (unpaired) electrons. The summed E-state index contributed by atoms with van der Waals surface area (Å²) in [7, 11) is 3.20. The maximum atomic E-state index is 10.8. The summed E-state index contributed by atoms with van der Waals surface area (Å²) in [6.07, 6.45) is -0.144. The summed E-state index contributed by atoms with van der Waals surface area (Å²) in [5.74, 6) is -0.0154. The second kappa shape index (κ2) is 10.8. The fraction of sp³-hybridized carbons (Fsp3) is 0.900. The van der Waals surface area contributed by atoms with Crippen LogP contribution in [0.3, 0.4) is 0 Å². The standard InChI is InChI=1S/C10H22N2O4/c1-11-10(14)3-4-12-7-9(13)8-16-6-5-15-2/h9,12-13H,3-8H2,1-2H3,(H,11,14). The molecule has 1 unspecified atom stereocenters. The van der Waals surface area contributed by atoms with E-state index < -0.39 is 6.10 Å². The molecule has 0 aliphatic rings. The van der Waals surface area contributed by atoms with Crippen LogP contribution in [0.5, 0.6) is 0 Å². The molecule has 0 fully saturated rings. The first kappa shape index (κ1) is 15.3. The molecule has 6 nitrogen and oxygen atoms in total. The minimum Gasteiger partial charge on any atom is -0.389 e. The van der Waals surface area contributed by atoms with Gasteiger partial charge in [-0.1, -0.05) is 0 Å². The molecule has 96 valence electrons. The van der Waals surface area contributed by atoms with E-state index in [-0.39, 0.29) is 12.5 Å². The van der Waals surface area contributed by atoms with Crippen molar-refractivity contribution < 1.29 is 19.4 Å². The van der Waals surface area contributed by atoms with Gasteiger partial charge in [-0.2, -0.15) is 0 Å². The van der Waals surface area contributed by atoms with Crippen molar-refractivity contribution in [2.45, 2.75) is 12.5 Å². The largest absolute Gasteiger partial charge is 0.389 e. The molecule has 6 heteroatoms. The molecule has 0 saturated carbocycles. The monoisotopic (exact) mass is 234 g/mol. The van der Waals surface area contributed by atoms with E-state index in [1.807, 2.05) is 0 Å². The lowest BCUT2D eigenvalue weighted by atomic mass is 10.3. The fourth-order valence-electron chi connectivity index (χ4n) is 1.02. The molecule has 1 atom stereocenters. The third-order valence-corrected chi connectivity index (χ3v) is 1.93. The number of hydrogen-bond acceptors (Lipinski definition) is 5. The Morgan fingerprint density at radius 3 is 2.81 bits per heavy atom. The zero-order chi connectivity index (χ0) is 12.2. The van der Waals surface area contributed by atoms with Crippen LogP contribution in [0.4, 0.5) is 0 Å². The molecule has 0 aromatic rings. The van der Waals surface area contributed by atoms with Crippen LogP contribution in [0.1, 0.15) is 6.42 Å². The highest BCUT2D eigenvalue weighted by molar-refractivity contribution is 5.75. The van der Waals surface area contributed by atoms with E-state index in [4.69, 9.17) is 9.47 Å². The van der Waals surface area contributed by atoms with Gasteiger partial charge in [0, 0.05) is 33.7 Å². The van der Waals surface area contributed by atoms with Crippen LogP contribution in [0, 0.1) is 0 Å². The van der Waals surface area contributed by atoms with Gasteiger partial charge in [0.15, 0.2) is 0 Å². The van der Waals surface area contributed by atoms with Crippen molar-refractivity contribution in [2.24, 2.45) is 0 Å². The van der Waals surface area contributed by atoms with Gasteiger partial charge in [0.05, 0.1) is 25.9 Å². The SMILES string of the molecule is CNC(=O)CCNCC(O)COCCOC. The minimum atomic E-state index is -0.554. The smallest absolute Gasteiger partial charge is 0.221 e. The summed E-state index contributed by atoms with van der Waals surface area (Å²) < 4.78 is 9.94. The Hall–Kier alpha value is -0.690. The molecule has 16 heavy (non-hydrogen) atoms. The highest BCUT2D eigenvalue weighted by Gasteiger charge is 2.04. The third-order valence-electron chi connectivity index (χ3n) is 1.93. The number of amides is 1. The van der Waals surface area contributed by atoms with Crippen LogP contribution < -0.4 is 10.6 Å². The van der Waals surface area contributed by atoms with Crippen LogP contribution >= 0.6 is 0 Å². The molecular weight excluding hydrogens is 212 g/mol. The second-order valence-electron chi connectivity index (χ2n) is 3.35. The van der Waals surface area contributed by atoms with E-state index in [0.29, 0.717) is 32.7 Å². The molecule has 0 aromatic carbocycles. The summed E-state index contributed by atoms with van der Waals surface area (Å²) in [6, 6.07) is 0. The van der Waals surface area contributed by atoms with E-state index in [2.05, 4.69) is 10.6 Å². The highest BCUT2D eigenvalue weighted by Crippen LogP contribution is 1.85. The summed E-state index contributed by atoms with van der Waals surface area (Å²) in [5.41, 5.74) is 0. The molecule has 3 N–H and O–H groups in total. The van der Waals surface area contributed by atoms with E-state index in [9.17, 15) is 9.90 Å². The maximum absolute atomic E-state index is 10.8. The molecule has 0 rings (SSSR count). The molecule has 0 aromatic heterocycles. The van der Waals surface area contributed by atoms with E-state index in [0.717, 1.165) is 0 Å². The van der Waals surface area contributed by atoms with Gasteiger partial charge in [-0.25, -0.2) is 0 Å². The molecule has 1 amide bonds. The Balaban J connectivity index is 3.23. The molecule has 0 heterocycles. The topological polar surface area (TPSA) is 79.8 Å². The van der Waals surface area contributed by atoms with Crippen molar-refractivity contribution in [3.63, 3.8) is 0 Å². The molecule has 0 spiro atoms. The fourth-order valence-corrected chi connectivity index (χ4v) is 1.02. The van der Waals surface area contributed by atoms with Gasteiger partial charge >= 0.3 is 0 Å². The van der Waals surface area contributed by atoms with Crippen molar-refractivity contribution >= 4 is 5.91 Å². The Morgan fingerprint density at radius 1 is 1.44 bits per heavy atom. The Bertz CT molecular complexity index is 178. The summed E-state index contributed by atoms with van der Waals surface area (Å²) in [4.78, 5) is 10.8. The van der Waals surface area contributed by atoms with Crippen molar-refractivity contribution in [1.29, 1.82) is 0 Å². The first-order valence-corrected chi connectivity index (χ1v) is 5.36. The van der Waals surface area contributed by atoms with Crippen LogP contribution in [0.25, 0.3) is 0 Å². The third kappa shape index (κ3) is 9.85. The van der Waals surface area contributed by atoms with Gasteiger partial charge in [-0.3, -0.25) is 4.79 Å². The van der Waals surface area contributed by atoms with Crippen LogP contribution in [0.15, 0.2) is 0 Å². The number of aliphatic hydroxyl groups excluding tert-OH is 1. The number of ether oxygens (including phenoxy) is 2. The van der Waals surface area contributed by atoms with E-state index in [1.54, 1.807) is 14.2 Å². The number of hydrogen-bond donors (Lipinski definition) is 3. The van der Waals surface area contributed by atoms with E-state index in [1.165, 1.54) is 0 Å². The Morgan fingerprint density at radius 2 is 2.19 bits per heavy atom. The summed E-state index contributed by atoms with van der Waals surface area (Å²) in [5, 5.41) is 14.9. The molecule has 0 aliphatic carbocycles. The second-order valence-corrected chi connectivity index (χ2v) is 3.35. The number of rotatable bonds is 10. The molecule has 0 saturated heterocycles. The molecular formula is C10H22N2O4. The predicted molar refractivity (Wildman–Crippen MR) is 60.3 cm³/mol. The number of carbonyl (C=O) groups excluding carboxylic acids is 1. The lowest BCUT2D eigenvalue weighted by Crippen LogP contribution is -2.33. The normalized spacial score (nSPS) is 12.4. The predicted octanol–water partition coefficient (Wildman–Crippen LogP) is -1.26.